The van der Waals surface area contributed by atoms with Crippen LogP contribution in [0.5, 0.6) is 0 Å². The minimum Gasteiger partial charge on any atom is -0.253 e. The van der Waals surface area contributed by atoms with Gasteiger partial charge in [-0.15, -0.1) is 0 Å². The lowest BCUT2D eigenvalue weighted by Crippen LogP contribution is -2.03. The summed E-state index contributed by atoms with van der Waals surface area (Å²) in [6.45, 7) is 4.05. The lowest BCUT2D eigenvalue weighted by Gasteiger charge is -2.16. The molecule has 0 unspecified atom stereocenters. The van der Waals surface area contributed by atoms with Crippen LogP contribution in [0.25, 0.3) is 22.3 Å². The first-order valence-corrected chi connectivity index (χ1v) is 9.68. The number of nitrogens with zero attached hydrogens (tertiary/aromatic N) is 1. The molecule has 4 rings (SSSR count). The van der Waals surface area contributed by atoms with E-state index < -0.39 is 0 Å². The Morgan fingerprint density at radius 3 is 1.66 bits per heavy atom. The number of hydrogen-bond acceptors (Lipinski definition) is 1. The van der Waals surface area contributed by atoms with Gasteiger partial charge in [0.2, 0.25) is 0 Å². The van der Waals surface area contributed by atoms with E-state index in [2.05, 4.69) is 6.92 Å². The Bertz CT molecular complexity index is 1080. The molecule has 4 aromatic carbocycles. The first-order chi connectivity index (χ1) is 14.1. The summed E-state index contributed by atoms with van der Waals surface area (Å²) in [6, 6.07) is 31.2. The van der Waals surface area contributed by atoms with E-state index in [1.165, 1.54) is 5.56 Å². The van der Waals surface area contributed by atoms with Crippen LogP contribution >= 0.6 is 0 Å². The molecule has 0 aliphatic heterocycles. The van der Waals surface area contributed by atoms with Gasteiger partial charge in [0.05, 0.1) is 5.69 Å². The van der Waals surface area contributed by atoms with Crippen LogP contribution in [0, 0.1) is 12.7 Å². The zero-order valence-electron chi connectivity index (χ0n) is 16.6. The van der Waals surface area contributed by atoms with Crippen molar-refractivity contribution >= 4 is 11.4 Å². The summed E-state index contributed by atoms with van der Waals surface area (Å²) >= 11 is 0. The van der Waals surface area contributed by atoms with Gasteiger partial charge in [0, 0.05) is 11.3 Å². The van der Waals surface area contributed by atoms with Crippen molar-refractivity contribution in [1.29, 1.82) is 0 Å². The first-order valence-electron chi connectivity index (χ1n) is 9.68. The Kier molecular flexibility index (Phi) is 5.35. The van der Waals surface area contributed by atoms with E-state index in [1.807, 2.05) is 91.9 Å². The predicted molar refractivity (Wildman–Crippen MR) is 120 cm³/mol. The smallest absolute Gasteiger partial charge is 0.124 e. The van der Waals surface area contributed by atoms with Crippen LogP contribution in [0.1, 0.15) is 18.1 Å². The van der Waals surface area contributed by atoms with Gasteiger partial charge < -0.3 is 0 Å². The number of hydrogen-bond donors (Lipinski definition) is 0. The average Bonchev–Trinajstić information content (AvgIpc) is 2.76. The molecular formula is C27H22FN. The molecule has 1 nitrogen and oxygen atoms in total. The number of benzene rings is 4. The molecule has 0 aliphatic rings. The van der Waals surface area contributed by atoms with Gasteiger partial charge in [0.1, 0.15) is 5.82 Å². The van der Waals surface area contributed by atoms with Crippen LogP contribution < -0.4 is 0 Å². The molecule has 0 heterocycles. The molecule has 0 fully saturated rings. The molecule has 0 amide bonds. The van der Waals surface area contributed by atoms with E-state index in [9.17, 15) is 4.39 Å². The second-order valence-corrected chi connectivity index (χ2v) is 7.14. The minimum atomic E-state index is -0.255. The minimum absolute atomic E-state index is 0.255. The van der Waals surface area contributed by atoms with E-state index in [-0.39, 0.29) is 5.82 Å². The van der Waals surface area contributed by atoms with Gasteiger partial charge in [-0.2, -0.15) is 0 Å². The van der Waals surface area contributed by atoms with Gasteiger partial charge in [0.25, 0.3) is 0 Å². The quantitative estimate of drug-likeness (QED) is 0.324. The Morgan fingerprint density at radius 2 is 1.17 bits per heavy atom. The number of aryl methyl sites for hydroxylation is 1. The van der Waals surface area contributed by atoms with Crippen molar-refractivity contribution in [3.05, 3.63) is 114 Å². The van der Waals surface area contributed by atoms with E-state index in [4.69, 9.17) is 4.99 Å². The second kappa shape index (κ2) is 8.24. The number of halogens is 1. The van der Waals surface area contributed by atoms with Crippen LogP contribution in [-0.2, 0) is 0 Å². The average molecular weight is 379 g/mol. The molecular weight excluding hydrogens is 357 g/mol. The highest BCUT2D eigenvalue weighted by atomic mass is 19.1. The summed E-state index contributed by atoms with van der Waals surface area (Å²) in [7, 11) is 0. The Hall–Kier alpha value is -3.52. The van der Waals surface area contributed by atoms with E-state index >= 15 is 0 Å². The first kappa shape index (κ1) is 18.8. The third kappa shape index (κ3) is 4.17. The Labute approximate surface area is 171 Å². The predicted octanol–water partition coefficient (Wildman–Crippen LogP) is 7.61. The lowest BCUT2D eigenvalue weighted by molar-refractivity contribution is 0.629. The largest absolute Gasteiger partial charge is 0.253 e. The molecule has 0 aromatic heterocycles. The highest BCUT2D eigenvalue weighted by Crippen LogP contribution is 2.35. The summed E-state index contributed by atoms with van der Waals surface area (Å²) in [5.41, 5.74) is 7.51. The summed E-state index contributed by atoms with van der Waals surface area (Å²) in [4.78, 5) is 4.87. The standard InChI is InChI=1S/C27H22FN/c1-19-13-15-24(16-14-19)29-20(2)27-25(21-9-5-3-6-10-21)17-23(28)18-26(27)22-11-7-4-8-12-22/h3-18H,1-2H3. The van der Waals surface area contributed by atoms with Crippen LogP contribution in [0.15, 0.2) is 102 Å². The van der Waals surface area contributed by atoms with Gasteiger partial charge in [-0.25, -0.2) is 4.39 Å². The molecule has 0 saturated heterocycles. The van der Waals surface area contributed by atoms with Crippen molar-refractivity contribution < 1.29 is 4.39 Å². The maximum atomic E-state index is 14.7. The molecule has 29 heavy (non-hydrogen) atoms. The molecule has 4 aromatic rings. The number of aliphatic imine (C=N–C) groups is 1. The van der Waals surface area contributed by atoms with Crippen molar-refractivity contribution in [2.75, 3.05) is 0 Å². The van der Waals surface area contributed by atoms with Crippen LogP contribution in [0.4, 0.5) is 10.1 Å². The monoisotopic (exact) mass is 379 g/mol. The highest BCUT2D eigenvalue weighted by molar-refractivity contribution is 6.10. The Balaban J connectivity index is 1.97. The normalized spacial score (nSPS) is 11.5. The molecule has 2 heteroatoms. The zero-order valence-corrected chi connectivity index (χ0v) is 16.6. The highest BCUT2D eigenvalue weighted by Gasteiger charge is 2.17. The third-order valence-electron chi connectivity index (χ3n) is 4.97. The zero-order chi connectivity index (χ0) is 20.2. The second-order valence-electron chi connectivity index (χ2n) is 7.14. The summed E-state index contributed by atoms with van der Waals surface area (Å²) in [5.74, 6) is -0.255. The lowest BCUT2D eigenvalue weighted by atomic mass is 9.89. The van der Waals surface area contributed by atoms with Crippen molar-refractivity contribution in [1.82, 2.24) is 0 Å². The molecule has 0 N–H and O–H groups in total. The molecule has 0 bridgehead atoms. The molecule has 0 aliphatic carbocycles. The van der Waals surface area contributed by atoms with Gasteiger partial charge in [-0.3, -0.25) is 4.99 Å². The summed E-state index contributed by atoms with van der Waals surface area (Å²) in [6.07, 6.45) is 0. The van der Waals surface area contributed by atoms with Crippen molar-refractivity contribution in [3.8, 4) is 22.3 Å². The maximum Gasteiger partial charge on any atom is 0.124 e. The van der Waals surface area contributed by atoms with E-state index in [0.29, 0.717) is 0 Å². The fourth-order valence-electron chi connectivity index (χ4n) is 3.56. The fraction of sp³-hybridized carbons (Fsp3) is 0.0741. The van der Waals surface area contributed by atoms with Gasteiger partial charge >= 0.3 is 0 Å². The van der Waals surface area contributed by atoms with Crippen molar-refractivity contribution in [2.24, 2.45) is 4.99 Å². The molecule has 0 saturated carbocycles. The summed E-state index contributed by atoms with van der Waals surface area (Å²) < 4.78 is 14.7. The van der Waals surface area contributed by atoms with Crippen LogP contribution in [0.3, 0.4) is 0 Å². The summed E-state index contributed by atoms with van der Waals surface area (Å²) in [5, 5.41) is 0. The van der Waals surface area contributed by atoms with E-state index in [0.717, 1.165) is 39.2 Å². The van der Waals surface area contributed by atoms with Crippen molar-refractivity contribution in [3.63, 3.8) is 0 Å². The van der Waals surface area contributed by atoms with Crippen molar-refractivity contribution in [2.45, 2.75) is 13.8 Å². The van der Waals surface area contributed by atoms with E-state index in [1.54, 1.807) is 12.1 Å². The van der Waals surface area contributed by atoms with Crippen LogP contribution in [0.2, 0.25) is 0 Å². The van der Waals surface area contributed by atoms with Gasteiger partial charge in [-0.1, -0.05) is 78.4 Å². The van der Waals surface area contributed by atoms with Gasteiger partial charge in [0.15, 0.2) is 0 Å². The molecule has 0 atom stereocenters. The molecule has 0 radical (unpaired) electrons. The van der Waals surface area contributed by atoms with Crippen LogP contribution in [-0.4, -0.2) is 5.71 Å². The maximum absolute atomic E-state index is 14.7. The Morgan fingerprint density at radius 1 is 0.690 bits per heavy atom. The fourth-order valence-corrected chi connectivity index (χ4v) is 3.56. The molecule has 0 spiro atoms. The SMILES string of the molecule is CC(=Nc1ccc(C)cc1)c1c(-c2ccccc2)cc(F)cc1-c1ccccc1. The van der Waals surface area contributed by atoms with Gasteiger partial charge in [-0.05, 0) is 60.4 Å². The topological polar surface area (TPSA) is 12.4 Å². The molecule has 142 valence electrons. The third-order valence-corrected chi connectivity index (χ3v) is 4.97. The number of rotatable bonds is 4.